The van der Waals surface area contributed by atoms with Gasteiger partial charge >= 0.3 is 6.03 Å². The number of amides is 2. The van der Waals surface area contributed by atoms with Crippen LogP contribution in [-0.2, 0) is 10.0 Å². The third-order valence-electron chi connectivity index (χ3n) is 5.78. The van der Waals surface area contributed by atoms with Crippen molar-refractivity contribution in [3.8, 4) is 0 Å². The molecule has 0 spiro atoms. The van der Waals surface area contributed by atoms with Crippen molar-refractivity contribution < 1.29 is 13.2 Å². The monoisotopic (exact) mass is 344 g/mol. The fourth-order valence-corrected chi connectivity index (χ4v) is 5.67. The Kier molecular flexibility index (Phi) is 4.85. The molecule has 0 aromatic heterocycles. The van der Waals surface area contributed by atoms with Gasteiger partial charge in [0.2, 0.25) is 10.0 Å². The first-order valence-corrected chi connectivity index (χ1v) is 10.2. The van der Waals surface area contributed by atoms with Crippen LogP contribution in [0.5, 0.6) is 0 Å². The molecule has 0 radical (unpaired) electrons. The van der Waals surface area contributed by atoms with E-state index in [0.29, 0.717) is 12.8 Å². The van der Waals surface area contributed by atoms with E-state index in [0.717, 1.165) is 32.1 Å². The number of carbonyl (C=O) groups is 1. The van der Waals surface area contributed by atoms with Crippen LogP contribution in [0.1, 0.15) is 51.4 Å². The number of carbonyl (C=O) groups excluding carboxylic acids is 1. The summed E-state index contributed by atoms with van der Waals surface area (Å²) < 4.78 is 25.2. The van der Waals surface area contributed by atoms with Crippen molar-refractivity contribution in [3.05, 3.63) is 0 Å². The minimum atomic E-state index is -3.40. The highest BCUT2D eigenvalue weighted by atomic mass is 32.2. The fraction of sp³-hybridized carbons (Fsp3) is 0.933. The summed E-state index contributed by atoms with van der Waals surface area (Å²) in [7, 11) is 0.179. The lowest BCUT2D eigenvalue weighted by atomic mass is 9.90. The summed E-state index contributed by atoms with van der Waals surface area (Å²) in [5, 5.41) is -0.429. The lowest BCUT2D eigenvalue weighted by Crippen LogP contribution is -2.52. The second-order valence-electron chi connectivity index (χ2n) is 7.20. The molecule has 3 fully saturated rings. The highest BCUT2D eigenvalue weighted by Crippen LogP contribution is 2.34. The quantitative estimate of drug-likeness (QED) is 0.747. The minimum Gasteiger partial charge on any atom is -0.323 e. The van der Waals surface area contributed by atoms with Gasteiger partial charge in [-0.25, -0.2) is 18.6 Å². The van der Waals surface area contributed by atoms with Crippen LogP contribution in [0.3, 0.4) is 0 Å². The Bertz CT molecular complexity index is 547. The average Bonchev–Trinajstić information content (AvgIpc) is 2.78. The maximum atomic E-state index is 12.6. The van der Waals surface area contributed by atoms with Crippen molar-refractivity contribution >= 4 is 16.1 Å². The Balaban J connectivity index is 1.59. The maximum Gasteiger partial charge on any atom is 0.320 e. The number of nitrogens with zero attached hydrogens (tertiary/aromatic N) is 2. The second kappa shape index (κ2) is 6.57. The van der Waals surface area contributed by atoms with Gasteiger partial charge in [-0.1, -0.05) is 19.3 Å². The number of sulfonamides is 1. The van der Waals surface area contributed by atoms with Gasteiger partial charge in [0.1, 0.15) is 0 Å². The highest BCUT2D eigenvalue weighted by molar-refractivity contribution is 7.90. The molecule has 132 valence electrons. The van der Waals surface area contributed by atoms with Crippen molar-refractivity contribution in [1.29, 1.82) is 0 Å². The zero-order valence-electron chi connectivity index (χ0n) is 14.0. The molecule has 3 unspecified atom stereocenters. The molecule has 7 nitrogen and oxygen atoms in total. The lowest BCUT2D eigenvalue weighted by molar-refractivity contribution is 0.200. The fourth-order valence-electron chi connectivity index (χ4n) is 4.27. The molecule has 1 saturated heterocycles. The van der Waals surface area contributed by atoms with Gasteiger partial charge in [0, 0.05) is 20.1 Å². The molecule has 2 amide bonds. The molecule has 3 atom stereocenters. The van der Waals surface area contributed by atoms with Gasteiger partial charge in [0.15, 0.2) is 0 Å². The summed E-state index contributed by atoms with van der Waals surface area (Å²) in [6, 6.07) is 0.380. The summed E-state index contributed by atoms with van der Waals surface area (Å²) in [5.41, 5.74) is 3.02. The maximum absolute atomic E-state index is 12.6. The Labute approximate surface area is 138 Å². The van der Waals surface area contributed by atoms with E-state index in [1.54, 1.807) is 23.9 Å². The van der Waals surface area contributed by atoms with Crippen molar-refractivity contribution in [3.63, 3.8) is 0 Å². The number of hydrogen-bond acceptors (Lipinski definition) is 4. The van der Waals surface area contributed by atoms with Crippen molar-refractivity contribution in [2.45, 2.75) is 74.7 Å². The third-order valence-corrected chi connectivity index (χ3v) is 7.49. The number of urea groups is 1. The molecular weight excluding hydrogens is 316 g/mol. The first-order chi connectivity index (χ1) is 10.9. The zero-order valence-corrected chi connectivity index (χ0v) is 14.8. The topological polar surface area (TPSA) is 81.8 Å². The van der Waals surface area contributed by atoms with Crippen molar-refractivity contribution in [2.75, 3.05) is 14.1 Å². The third kappa shape index (κ3) is 3.34. The van der Waals surface area contributed by atoms with Crippen LogP contribution < -0.4 is 10.3 Å². The van der Waals surface area contributed by atoms with Crippen LogP contribution in [0, 0.1) is 0 Å². The number of likely N-dealkylation sites (N-methyl/N-ethyl adjacent to an activating group) is 2. The molecule has 2 saturated carbocycles. The van der Waals surface area contributed by atoms with E-state index in [4.69, 9.17) is 0 Å². The van der Waals surface area contributed by atoms with E-state index < -0.39 is 15.3 Å². The van der Waals surface area contributed by atoms with Crippen LogP contribution in [0.25, 0.3) is 0 Å². The van der Waals surface area contributed by atoms with Crippen molar-refractivity contribution in [2.24, 2.45) is 0 Å². The smallest absolute Gasteiger partial charge is 0.320 e. The van der Waals surface area contributed by atoms with E-state index in [-0.39, 0.29) is 24.2 Å². The van der Waals surface area contributed by atoms with Gasteiger partial charge < -0.3 is 9.80 Å². The lowest BCUT2D eigenvalue weighted by Gasteiger charge is -2.34. The first kappa shape index (κ1) is 17.0. The molecule has 0 aromatic rings. The molecule has 1 aliphatic heterocycles. The van der Waals surface area contributed by atoms with Gasteiger partial charge in [0.05, 0.1) is 17.3 Å². The Morgan fingerprint density at radius 2 is 1.61 bits per heavy atom. The SMILES string of the molecule is CN1C(=O)N(C)C2CC(S(=O)(=O)NNC3CCCCC3)CCC21. The number of rotatable bonds is 4. The number of fused-ring (bicyclic) bond motifs is 1. The Morgan fingerprint density at radius 3 is 2.30 bits per heavy atom. The van der Waals surface area contributed by atoms with Crippen LogP contribution >= 0.6 is 0 Å². The number of nitrogens with one attached hydrogen (secondary N) is 2. The zero-order chi connectivity index (χ0) is 16.6. The molecule has 0 aromatic carbocycles. The van der Waals surface area contributed by atoms with E-state index in [1.807, 2.05) is 0 Å². The van der Waals surface area contributed by atoms with Crippen LogP contribution in [0.2, 0.25) is 0 Å². The van der Waals surface area contributed by atoms with E-state index >= 15 is 0 Å². The molecule has 23 heavy (non-hydrogen) atoms. The summed E-state index contributed by atoms with van der Waals surface area (Å²) in [6.07, 6.45) is 7.47. The summed E-state index contributed by atoms with van der Waals surface area (Å²) in [4.78, 5) is 18.1. The van der Waals surface area contributed by atoms with Crippen LogP contribution in [0.15, 0.2) is 0 Å². The van der Waals surface area contributed by atoms with Crippen LogP contribution in [-0.4, -0.2) is 61.7 Å². The number of hydrogen-bond donors (Lipinski definition) is 2. The molecule has 3 aliphatic rings. The first-order valence-electron chi connectivity index (χ1n) is 8.66. The molecule has 2 N–H and O–H groups in total. The summed E-state index contributed by atoms with van der Waals surface area (Å²) in [6.45, 7) is 0. The largest absolute Gasteiger partial charge is 0.323 e. The molecular formula is C15H28N4O3S. The van der Waals surface area contributed by atoms with Gasteiger partial charge in [-0.15, -0.1) is 0 Å². The molecule has 3 rings (SSSR count). The molecule has 0 bridgehead atoms. The predicted octanol–water partition coefficient (Wildman–Crippen LogP) is 1.03. The van der Waals surface area contributed by atoms with E-state index in [2.05, 4.69) is 10.3 Å². The van der Waals surface area contributed by atoms with Gasteiger partial charge in [-0.2, -0.15) is 4.83 Å². The minimum absolute atomic E-state index is 0.00231. The Morgan fingerprint density at radius 1 is 0.957 bits per heavy atom. The molecule has 1 heterocycles. The van der Waals surface area contributed by atoms with E-state index in [1.165, 1.54) is 6.42 Å². The summed E-state index contributed by atoms with van der Waals surface area (Å²) in [5.74, 6) is 0. The van der Waals surface area contributed by atoms with Gasteiger partial charge in [-0.3, -0.25) is 0 Å². The van der Waals surface area contributed by atoms with Crippen LogP contribution in [0.4, 0.5) is 4.79 Å². The standard InChI is InChI=1S/C15H28N4O3S/c1-18-13-9-8-12(10-14(13)19(2)15(18)20)23(21,22)17-16-11-6-4-3-5-7-11/h11-14,16-17H,3-10H2,1-2H3. The number of hydrazine groups is 1. The van der Waals surface area contributed by atoms with E-state index in [9.17, 15) is 13.2 Å². The second-order valence-corrected chi connectivity index (χ2v) is 9.16. The van der Waals surface area contributed by atoms with Crippen molar-refractivity contribution in [1.82, 2.24) is 20.1 Å². The average molecular weight is 344 g/mol. The summed E-state index contributed by atoms with van der Waals surface area (Å²) >= 11 is 0. The molecule has 8 heteroatoms. The highest BCUT2D eigenvalue weighted by Gasteiger charge is 2.47. The van der Waals surface area contributed by atoms with Gasteiger partial charge in [-0.05, 0) is 32.1 Å². The predicted molar refractivity (Wildman–Crippen MR) is 88.2 cm³/mol. The normalized spacial score (nSPS) is 33.1. The Hall–Kier alpha value is -0.860. The van der Waals surface area contributed by atoms with Gasteiger partial charge in [0.25, 0.3) is 0 Å². The molecule has 2 aliphatic carbocycles.